The summed E-state index contributed by atoms with van der Waals surface area (Å²) in [4.78, 5) is 2.31. The molecule has 1 fully saturated rings. The molecule has 1 aromatic heterocycles. The van der Waals surface area contributed by atoms with E-state index in [1.807, 2.05) is 6.20 Å². The Morgan fingerprint density at radius 2 is 1.94 bits per heavy atom. The summed E-state index contributed by atoms with van der Waals surface area (Å²) in [6, 6.07) is 1.36. The van der Waals surface area contributed by atoms with Crippen LogP contribution in [0, 0.1) is 0 Å². The molecule has 2 rings (SSSR count). The smallest absolute Gasteiger partial charge is 0.0549 e. The predicted octanol–water partition coefficient (Wildman–Crippen LogP) is 2.45. The first-order chi connectivity index (χ1) is 7.38. The summed E-state index contributed by atoms with van der Waals surface area (Å²) in [7, 11) is 4.31. The Labute approximate surface area is 98.4 Å². The second-order valence-corrected chi connectivity index (χ2v) is 6.20. The highest BCUT2D eigenvalue weighted by atomic mass is 15.3. The fourth-order valence-corrected chi connectivity index (χ4v) is 2.12. The molecule has 0 saturated heterocycles. The maximum Gasteiger partial charge on any atom is 0.0549 e. The van der Waals surface area contributed by atoms with Crippen molar-refractivity contribution in [2.45, 2.75) is 51.1 Å². The molecular formula is C13H23N3. The van der Waals surface area contributed by atoms with Gasteiger partial charge in [-0.25, -0.2) is 0 Å². The molecule has 1 aliphatic carbocycles. The average molecular weight is 221 g/mol. The van der Waals surface area contributed by atoms with Crippen molar-refractivity contribution in [3.63, 3.8) is 0 Å². The molecule has 0 aliphatic heterocycles. The Bertz CT molecular complexity index is 353. The van der Waals surface area contributed by atoms with Crippen molar-refractivity contribution in [2.75, 3.05) is 14.1 Å². The maximum absolute atomic E-state index is 4.50. The van der Waals surface area contributed by atoms with Gasteiger partial charge in [-0.1, -0.05) is 20.8 Å². The Balaban J connectivity index is 2.00. The van der Waals surface area contributed by atoms with Gasteiger partial charge in [0.05, 0.1) is 12.2 Å². The molecule has 0 radical (unpaired) electrons. The lowest BCUT2D eigenvalue weighted by Crippen LogP contribution is -2.41. The summed E-state index contributed by atoms with van der Waals surface area (Å²) in [5.74, 6) is 0. The minimum absolute atomic E-state index is 0.211. The summed E-state index contributed by atoms with van der Waals surface area (Å²) in [5, 5.41) is 4.50. The zero-order valence-corrected chi connectivity index (χ0v) is 11.1. The van der Waals surface area contributed by atoms with Crippen molar-refractivity contribution in [2.24, 2.45) is 0 Å². The van der Waals surface area contributed by atoms with E-state index in [9.17, 15) is 0 Å². The van der Waals surface area contributed by atoms with Crippen LogP contribution in [0.2, 0.25) is 0 Å². The monoisotopic (exact) mass is 221 g/mol. The van der Waals surface area contributed by atoms with E-state index in [2.05, 4.69) is 55.7 Å². The van der Waals surface area contributed by atoms with E-state index in [1.54, 1.807) is 0 Å². The lowest BCUT2D eigenvalue weighted by molar-refractivity contribution is 0.121. The van der Waals surface area contributed by atoms with E-state index in [1.165, 1.54) is 18.4 Å². The molecule has 0 spiro atoms. The van der Waals surface area contributed by atoms with Crippen LogP contribution < -0.4 is 0 Å². The topological polar surface area (TPSA) is 21.1 Å². The first-order valence-electron chi connectivity index (χ1n) is 6.09. The van der Waals surface area contributed by atoms with Crippen LogP contribution in [0.25, 0.3) is 0 Å². The van der Waals surface area contributed by atoms with E-state index in [-0.39, 0.29) is 5.41 Å². The summed E-state index contributed by atoms with van der Waals surface area (Å²) in [6.45, 7) is 6.70. The van der Waals surface area contributed by atoms with Crippen molar-refractivity contribution < 1.29 is 0 Å². The van der Waals surface area contributed by atoms with E-state index >= 15 is 0 Å². The number of aromatic nitrogens is 2. The summed E-state index contributed by atoms with van der Waals surface area (Å²) in [6.07, 6.45) is 6.70. The van der Waals surface area contributed by atoms with Crippen LogP contribution in [0.4, 0.5) is 0 Å². The molecule has 0 amide bonds. The van der Waals surface area contributed by atoms with Gasteiger partial charge in [-0.05, 0) is 37.9 Å². The van der Waals surface area contributed by atoms with Crippen molar-refractivity contribution >= 4 is 0 Å². The van der Waals surface area contributed by atoms with Gasteiger partial charge in [0.1, 0.15) is 0 Å². The lowest BCUT2D eigenvalue weighted by Gasteiger charge is -2.39. The molecule has 90 valence electrons. The molecule has 0 aromatic carbocycles. The second-order valence-electron chi connectivity index (χ2n) is 6.20. The standard InChI is InChI=1S/C13H23N3/c1-13(2,3)10-8-14-16(9-10)12-6-11(7-12)15(4)5/h8-9,11-12H,6-7H2,1-5H3. The third-order valence-corrected chi connectivity index (χ3v) is 3.66. The van der Waals surface area contributed by atoms with Gasteiger partial charge in [0.2, 0.25) is 0 Å². The molecule has 0 bridgehead atoms. The second kappa shape index (κ2) is 3.88. The van der Waals surface area contributed by atoms with Gasteiger partial charge in [0.15, 0.2) is 0 Å². The molecular weight excluding hydrogens is 198 g/mol. The van der Waals surface area contributed by atoms with Crippen molar-refractivity contribution in [3.8, 4) is 0 Å². The Hall–Kier alpha value is -0.830. The highest BCUT2D eigenvalue weighted by molar-refractivity contribution is 5.16. The molecule has 3 heteroatoms. The molecule has 16 heavy (non-hydrogen) atoms. The van der Waals surface area contributed by atoms with Gasteiger partial charge in [0, 0.05) is 12.2 Å². The van der Waals surface area contributed by atoms with Crippen LogP contribution in [0.3, 0.4) is 0 Å². The largest absolute Gasteiger partial charge is 0.306 e. The zero-order valence-electron chi connectivity index (χ0n) is 11.1. The molecule has 1 aromatic rings. The van der Waals surface area contributed by atoms with Crippen LogP contribution >= 0.6 is 0 Å². The van der Waals surface area contributed by atoms with Crippen LogP contribution in [0.15, 0.2) is 12.4 Å². The highest BCUT2D eigenvalue weighted by Crippen LogP contribution is 2.35. The van der Waals surface area contributed by atoms with Crippen molar-refractivity contribution in [3.05, 3.63) is 18.0 Å². The Kier molecular flexibility index (Phi) is 2.82. The SMILES string of the molecule is CN(C)C1CC(n2cc(C(C)(C)C)cn2)C1. The quantitative estimate of drug-likeness (QED) is 0.765. The number of rotatable bonds is 2. The van der Waals surface area contributed by atoms with Crippen LogP contribution in [-0.2, 0) is 5.41 Å². The molecule has 3 nitrogen and oxygen atoms in total. The molecule has 1 aliphatic rings. The number of hydrogen-bond acceptors (Lipinski definition) is 2. The third kappa shape index (κ3) is 2.14. The summed E-state index contributed by atoms with van der Waals surface area (Å²) < 4.78 is 2.15. The van der Waals surface area contributed by atoms with Gasteiger partial charge < -0.3 is 4.90 Å². The van der Waals surface area contributed by atoms with Crippen LogP contribution in [0.5, 0.6) is 0 Å². The van der Waals surface area contributed by atoms with E-state index in [0.29, 0.717) is 6.04 Å². The zero-order chi connectivity index (χ0) is 11.9. The predicted molar refractivity (Wildman–Crippen MR) is 66.7 cm³/mol. The Morgan fingerprint density at radius 3 is 2.38 bits per heavy atom. The van der Waals surface area contributed by atoms with Crippen molar-refractivity contribution in [1.29, 1.82) is 0 Å². The minimum atomic E-state index is 0.211. The Morgan fingerprint density at radius 1 is 1.31 bits per heavy atom. The highest BCUT2D eigenvalue weighted by Gasteiger charge is 2.32. The van der Waals surface area contributed by atoms with Gasteiger partial charge in [-0.3, -0.25) is 4.68 Å². The summed E-state index contributed by atoms with van der Waals surface area (Å²) >= 11 is 0. The molecule has 0 atom stereocenters. The first-order valence-corrected chi connectivity index (χ1v) is 6.09. The molecule has 1 heterocycles. The first kappa shape index (κ1) is 11.6. The fraction of sp³-hybridized carbons (Fsp3) is 0.769. The average Bonchev–Trinajstić information content (AvgIpc) is 2.47. The van der Waals surface area contributed by atoms with E-state index in [0.717, 1.165) is 6.04 Å². The maximum atomic E-state index is 4.50. The normalized spacial score (nSPS) is 25.9. The van der Waals surface area contributed by atoms with E-state index < -0.39 is 0 Å². The van der Waals surface area contributed by atoms with Gasteiger partial charge in [-0.15, -0.1) is 0 Å². The van der Waals surface area contributed by atoms with E-state index in [4.69, 9.17) is 0 Å². The van der Waals surface area contributed by atoms with Gasteiger partial charge >= 0.3 is 0 Å². The fourth-order valence-electron chi connectivity index (χ4n) is 2.12. The third-order valence-electron chi connectivity index (χ3n) is 3.66. The van der Waals surface area contributed by atoms with Crippen LogP contribution in [-0.4, -0.2) is 34.8 Å². The molecule has 0 N–H and O–H groups in total. The molecule has 1 saturated carbocycles. The van der Waals surface area contributed by atoms with Gasteiger partial charge in [-0.2, -0.15) is 5.10 Å². The lowest BCUT2D eigenvalue weighted by atomic mass is 9.86. The number of nitrogens with zero attached hydrogens (tertiary/aromatic N) is 3. The molecule has 0 unspecified atom stereocenters. The minimum Gasteiger partial charge on any atom is -0.306 e. The van der Waals surface area contributed by atoms with Crippen molar-refractivity contribution in [1.82, 2.24) is 14.7 Å². The summed E-state index contributed by atoms with van der Waals surface area (Å²) in [5.41, 5.74) is 1.55. The van der Waals surface area contributed by atoms with Crippen LogP contribution in [0.1, 0.15) is 45.2 Å². The number of hydrogen-bond donors (Lipinski definition) is 0. The van der Waals surface area contributed by atoms with Gasteiger partial charge in [0.25, 0.3) is 0 Å².